The minimum atomic E-state index is -0.665. The van der Waals surface area contributed by atoms with Crippen LogP contribution >= 0.6 is 0 Å². The van der Waals surface area contributed by atoms with E-state index in [4.69, 9.17) is 5.26 Å². The van der Waals surface area contributed by atoms with Crippen molar-refractivity contribution in [2.24, 2.45) is 5.41 Å². The number of amides is 1. The van der Waals surface area contributed by atoms with Crippen LogP contribution in [0.3, 0.4) is 0 Å². The van der Waals surface area contributed by atoms with E-state index in [0.717, 1.165) is 25.7 Å². The Morgan fingerprint density at radius 1 is 1.69 bits per heavy atom. The molecule has 0 unspecified atom stereocenters. The molecule has 1 amide bonds. The number of rotatable bonds is 4. The van der Waals surface area contributed by atoms with Crippen molar-refractivity contribution in [1.82, 2.24) is 5.32 Å². The van der Waals surface area contributed by atoms with Crippen molar-refractivity contribution in [3.05, 3.63) is 0 Å². The maximum atomic E-state index is 11.5. The van der Waals surface area contributed by atoms with Crippen LogP contribution in [0.15, 0.2) is 0 Å². The minimum absolute atomic E-state index is 0.0732. The highest BCUT2D eigenvalue weighted by Gasteiger charge is 2.50. The van der Waals surface area contributed by atoms with Gasteiger partial charge in [0.2, 0.25) is 5.91 Å². The van der Waals surface area contributed by atoms with Gasteiger partial charge >= 0.3 is 0 Å². The molecule has 3 heteroatoms. The molecule has 0 aromatic rings. The van der Waals surface area contributed by atoms with Crippen molar-refractivity contribution in [3.8, 4) is 6.07 Å². The molecule has 0 aromatic heterocycles. The summed E-state index contributed by atoms with van der Waals surface area (Å²) in [4.78, 5) is 11.5. The second-order valence-electron chi connectivity index (χ2n) is 3.86. The Labute approximate surface area is 79.1 Å². The fraction of sp³-hybridized carbons (Fsp3) is 0.800. The molecule has 3 nitrogen and oxygen atoms in total. The topological polar surface area (TPSA) is 52.9 Å². The van der Waals surface area contributed by atoms with E-state index in [0.29, 0.717) is 0 Å². The summed E-state index contributed by atoms with van der Waals surface area (Å²) in [5.74, 6) is -0.0732. The molecule has 0 spiro atoms. The number of hydrogen-bond donors (Lipinski definition) is 1. The summed E-state index contributed by atoms with van der Waals surface area (Å²) in [6, 6.07) is 2.29. The average molecular weight is 180 g/mol. The maximum absolute atomic E-state index is 11.5. The first-order valence-corrected chi connectivity index (χ1v) is 4.87. The molecule has 1 N–H and O–H groups in total. The third-order valence-corrected chi connectivity index (χ3v) is 2.50. The van der Waals surface area contributed by atoms with Crippen molar-refractivity contribution in [1.29, 1.82) is 5.26 Å². The number of hydrogen-bond acceptors (Lipinski definition) is 2. The minimum Gasteiger partial charge on any atom is -0.352 e. The number of nitrogens with zero attached hydrogens (tertiary/aromatic N) is 1. The van der Waals surface area contributed by atoms with Crippen LogP contribution in [0.1, 0.15) is 39.5 Å². The molecular formula is C10H16N2O. The zero-order chi connectivity index (χ0) is 9.90. The lowest BCUT2D eigenvalue weighted by atomic mass is 10.1. The van der Waals surface area contributed by atoms with E-state index in [2.05, 4.69) is 18.3 Å². The van der Waals surface area contributed by atoms with E-state index >= 15 is 0 Å². The van der Waals surface area contributed by atoms with E-state index in [1.165, 1.54) is 0 Å². The van der Waals surface area contributed by atoms with Gasteiger partial charge in [0.25, 0.3) is 0 Å². The van der Waals surface area contributed by atoms with Gasteiger partial charge in [-0.2, -0.15) is 5.26 Å². The van der Waals surface area contributed by atoms with Crippen LogP contribution in [0.4, 0.5) is 0 Å². The summed E-state index contributed by atoms with van der Waals surface area (Å²) in [5, 5.41) is 11.6. The average Bonchev–Trinajstić information content (AvgIpc) is 2.84. The van der Waals surface area contributed by atoms with E-state index < -0.39 is 5.41 Å². The Hall–Kier alpha value is -1.04. The van der Waals surface area contributed by atoms with Gasteiger partial charge in [-0.3, -0.25) is 4.79 Å². The van der Waals surface area contributed by atoms with E-state index in [9.17, 15) is 4.79 Å². The van der Waals surface area contributed by atoms with Crippen molar-refractivity contribution >= 4 is 5.91 Å². The number of nitriles is 1. The second-order valence-corrected chi connectivity index (χ2v) is 3.86. The quantitative estimate of drug-likeness (QED) is 0.714. The molecule has 1 atom stereocenters. The molecule has 1 aliphatic carbocycles. The van der Waals surface area contributed by atoms with Crippen molar-refractivity contribution < 1.29 is 4.79 Å². The highest BCUT2D eigenvalue weighted by Crippen LogP contribution is 2.45. The first-order chi connectivity index (χ1) is 6.14. The summed E-state index contributed by atoms with van der Waals surface area (Å²) < 4.78 is 0. The van der Waals surface area contributed by atoms with E-state index in [-0.39, 0.29) is 11.9 Å². The lowest BCUT2D eigenvalue weighted by Crippen LogP contribution is -2.37. The fourth-order valence-electron chi connectivity index (χ4n) is 1.38. The standard InChI is InChI=1S/C10H16N2O/c1-3-4-8(2)12-9(13)10(7-11)5-6-10/h8H,3-6H2,1-2H3,(H,12,13)/t8-/m1/s1. The van der Waals surface area contributed by atoms with Gasteiger partial charge in [-0.05, 0) is 26.2 Å². The molecular weight excluding hydrogens is 164 g/mol. The Morgan fingerprint density at radius 3 is 2.69 bits per heavy atom. The lowest BCUT2D eigenvalue weighted by Gasteiger charge is -2.14. The maximum Gasteiger partial charge on any atom is 0.240 e. The third kappa shape index (κ3) is 2.21. The normalized spacial score (nSPS) is 20.1. The number of carbonyl (C=O) groups excluding carboxylic acids is 1. The number of nitrogens with one attached hydrogen (secondary N) is 1. The Morgan fingerprint density at radius 2 is 2.31 bits per heavy atom. The highest BCUT2D eigenvalue weighted by molar-refractivity contribution is 5.88. The van der Waals surface area contributed by atoms with Crippen molar-refractivity contribution in [3.63, 3.8) is 0 Å². The van der Waals surface area contributed by atoms with Gasteiger partial charge in [-0.1, -0.05) is 13.3 Å². The molecule has 1 fully saturated rings. The van der Waals surface area contributed by atoms with E-state index in [1.807, 2.05) is 6.92 Å². The van der Waals surface area contributed by atoms with Crippen LogP contribution < -0.4 is 5.32 Å². The first-order valence-electron chi connectivity index (χ1n) is 4.87. The SMILES string of the molecule is CCC[C@@H](C)NC(=O)C1(C#N)CC1. The third-order valence-electron chi connectivity index (χ3n) is 2.50. The van der Waals surface area contributed by atoms with Crippen LogP contribution in [-0.4, -0.2) is 11.9 Å². The van der Waals surface area contributed by atoms with Gasteiger partial charge in [0.05, 0.1) is 6.07 Å². The molecule has 0 saturated heterocycles. The summed E-state index contributed by atoms with van der Waals surface area (Å²) in [6.07, 6.45) is 3.50. The molecule has 0 bridgehead atoms. The lowest BCUT2D eigenvalue weighted by molar-refractivity contribution is -0.125. The molecule has 0 aliphatic heterocycles. The van der Waals surface area contributed by atoms with Crippen LogP contribution in [0.5, 0.6) is 0 Å². The molecule has 1 saturated carbocycles. The summed E-state index contributed by atoms with van der Waals surface area (Å²) >= 11 is 0. The Balaban J connectivity index is 2.38. The predicted molar refractivity (Wildman–Crippen MR) is 49.8 cm³/mol. The molecule has 0 aromatic carbocycles. The van der Waals surface area contributed by atoms with Gasteiger partial charge < -0.3 is 5.32 Å². The van der Waals surface area contributed by atoms with Crippen LogP contribution in [-0.2, 0) is 4.79 Å². The second kappa shape index (κ2) is 3.78. The largest absolute Gasteiger partial charge is 0.352 e. The molecule has 72 valence electrons. The predicted octanol–water partition coefficient (Wildman–Crippen LogP) is 1.59. The van der Waals surface area contributed by atoms with E-state index in [1.54, 1.807) is 0 Å². The first kappa shape index (κ1) is 10.0. The zero-order valence-corrected chi connectivity index (χ0v) is 8.26. The molecule has 0 radical (unpaired) electrons. The summed E-state index contributed by atoms with van der Waals surface area (Å²) in [7, 11) is 0. The summed E-state index contributed by atoms with van der Waals surface area (Å²) in [6.45, 7) is 4.06. The number of carbonyl (C=O) groups is 1. The van der Waals surface area contributed by atoms with Crippen molar-refractivity contribution in [2.75, 3.05) is 0 Å². The molecule has 13 heavy (non-hydrogen) atoms. The van der Waals surface area contributed by atoms with Crippen LogP contribution in [0, 0.1) is 16.7 Å². The molecule has 1 rings (SSSR count). The van der Waals surface area contributed by atoms with Crippen LogP contribution in [0.2, 0.25) is 0 Å². The van der Waals surface area contributed by atoms with Gasteiger partial charge in [0.15, 0.2) is 0 Å². The highest BCUT2D eigenvalue weighted by atomic mass is 16.2. The van der Waals surface area contributed by atoms with Gasteiger partial charge in [-0.25, -0.2) is 0 Å². The summed E-state index contributed by atoms with van der Waals surface area (Å²) in [5.41, 5.74) is -0.665. The van der Waals surface area contributed by atoms with Crippen molar-refractivity contribution in [2.45, 2.75) is 45.6 Å². The monoisotopic (exact) mass is 180 g/mol. The van der Waals surface area contributed by atoms with Crippen LogP contribution in [0.25, 0.3) is 0 Å². The Bertz CT molecular complexity index is 238. The molecule has 0 heterocycles. The van der Waals surface area contributed by atoms with Gasteiger partial charge in [0.1, 0.15) is 5.41 Å². The molecule has 1 aliphatic rings. The smallest absolute Gasteiger partial charge is 0.240 e. The fourth-order valence-corrected chi connectivity index (χ4v) is 1.38. The van der Waals surface area contributed by atoms with Gasteiger partial charge in [-0.15, -0.1) is 0 Å². The Kier molecular flexibility index (Phi) is 2.92. The zero-order valence-electron chi connectivity index (χ0n) is 8.26. The van der Waals surface area contributed by atoms with Gasteiger partial charge in [0, 0.05) is 6.04 Å².